The first kappa shape index (κ1) is 23.1. The monoisotopic (exact) mass is 432 g/mol. The average molecular weight is 433 g/mol. The normalized spacial score (nSPS) is 45.1. The molecule has 0 radical (unpaired) electrons. The number of methoxy groups -OCH3 is 1. The summed E-state index contributed by atoms with van der Waals surface area (Å²) in [5.74, 6) is 4.42. The maximum Gasteiger partial charge on any atom is 0.305 e. The Labute approximate surface area is 189 Å². The van der Waals surface area contributed by atoms with Crippen molar-refractivity contribution in [2.45, 2.75) is 104 Å². The number of ether oxygens (including phenoxy) is 2. The number of rotatable bonds is 5. The number of carbonyl (C=O) groups excluding carboxylic acids is 2. The van der Waals surface area contributed by atoms with E-state index in [2.05, 4.69) is 20.8 Å². The van der Waals surface area contributed by atoms with E-state index in [4.69, 9.17) is 9.47 Å². The third-order valence-corrected chi connectivity index (χ3v) is 10.7. The van der Waals surface area contributed by atoms with Crippen LogP contribution in [0.1, 0.15) is 98.3 Å². The van der Waals surface area contributed by atoms with Gasteiger partial charge in [-0.15, -0.1) is 0 Å². The molecule has 4 aliphatic rings. The maximum atomic E-state index is 11.7. The first-order valence-electron chi connectivity index (χ1n) is 12.9. The van der Waals surface area contributed by atoms with Crippen molar-refractivity contribution in [3.05, 3.63) is 0 Å². The summed E-state index contributed by atoms with van der Waals surface area (Å²) in [6.45, 7) is 9.09. The smallest absolute Gasteiger partial charge is 0.305 e. The molecule has 176 valence electrons. The second-order valence-corrected chi connectivity index (χ2v) is 12.0. The quantitative estimate of drug-likeness (QED) is 0.488. The Kier molecular flexibility index (Phi) is 6.49. The van der Waals surface area contributed by atoms with E-state index < -0.39 is 0 Å². The molecule has 0 saturated heterocycles. The molecule has 9 atom stereocenters. The third-order valence-electron chi connectivity index (χ3n) is 10.7. The van der Waals surface area contributed by atoms with Crippen LogP contribution in [0, 0.1) is 46.3 Å². The van der Waals surface area contributed by atoms with Crippen LogP contribution in [0.3, 0.4) is 0 Å². The first-order chi connectivity index (χ1) is 14.7. The molecule has 0 amide bonds. The van der Waals surface area contributed by atoms with Gasteiger partial charge in [-0.1, -0.05) is 20.8 Å². The molecule has 0 aromatic carbocycles. The lowest BCUT2D eigenvalue weighted by atomic mass is 9.44. The van der Waals surface area contributed by atoms with Crippen LogP contribution in [0.2, 0.25) is 0 Å². The SMILES string of the molecule is COC(=O)CC[C@H](C)[C@@H]1CC[C@@H]2[C@@H]3CC[C@@H]4C[C@H](OC(C)=O)CC[C@]4(C)[C@@H]3CC[C@@]21C. The summed E-state index contributed by atoms with van der Waals surface area (Å²) in [4.78, 5) is 23.2. The van der Waals surface area contributed by atoms with E-state index in [-0.39, 0.29) is 18.0 Å². The molecule has 0 spiro atoms. The van der Waals surface area contributed by atoms with Crippen LogP contribution in [0.15, 0.2) is 0 Å². The molecule has 0 aromatic heterocycles. The van der Waals surface area contributed by atoms with Crippen molar-refractivity contribution in [1.82, 2.24) is 0 Å². The number of hydrogen-bond acceptors (Lipinski definition) is 4. The van der Waals surface area contributed by atoms with Gasteiger partial charge in [0.05, 0.1) is 7.11 Å². The number of hydrogen-bond donors (Lipinski definition) is 0. The van der Waals surface area contributed by atoms with E-state index in [0.29, 0.717) is 29.1 Å². The molecule has 0 bridgehead atoms. The Hall–Kier alpha value is -1.06. The molecule has 4 heteroatoms. The zero-order valence-electron chi connectivity index (χ0n) is 20.5. The van der Waals surface area contributed by atoms with Crippen molar-refractivity contribution >= 4 is 11.9 Å². The molecule has 0 aliphatic heterocycles. The van der Waals surface area contributed by atoms with Gasteiger partial charge in [0, 0.05) is 13.3 Å². The van der Waals surface area contributed by atoms with E-state index in [1.165, 1.54) is 52.1 Å². The highest BCUT2D eigenvalue weighted by Crippen LogP contribution is 2.68. The molecule has 0 aromatic rings. The van der Waals surface area contributed by atoms with Gasteiger partial charge in [0.25, 0.3) is 0 Å². The van der Waals surface area contributed by atoms with Crippen molar-refractivity contribution in [2.24, 2.45) is 46.3 Å². The molecule has 0 heterocycles. The third kappa shape index (κ3) is 4.06. The van der Waals surface area contributed by atoms with Gasteiger partial charge >= 0.3 is 11.9 Å². The predicted molar refractivity (Wildman–Crippen MR) is 121 cm³/mol. The average Bonchev–Trinajstić information content (AvgIpc) is 3.09. The lowest BCUT2D eigenvalue weighted by Crippen LogP contribution is -2.54. The zero-order valence-corrected chi connectivity index (χ0v) is 20.5. The van der Waals surface area contributed by atoms with Gasteiger partial charge in [-0.3, -0.25) is 9.59 Å². The van der Waals surface area contributed by atoms with E-state index in [1.54, 1.807) is 6.92 Å². The Bertz CT molecular complexity index is 689. The number of carbonyl (C=O) groups is 2. The highest BCUT2D eigenvalue weighted by Gasteiger charge is 2.60. The molecular weight excluding hydrogens is 388 g/mol. The van der Waals surface area contributed by atoms with Crippen LogP contribution in [0.4, 0.5) is 0 Å². The van der Waals surface area contributed by atoms with Crippen LogP contribution in [-0.4, -0.2) is 25.2 Å². The zero-order chi connectivity index (χ0) is 22.4. The molecular formula is C27H44O4. The summed E-state index contributed by atoms with van der Waals surface area (Å²) < 4.78 is 10.5. The molecule has 4 aliphatic carbocycles. The second-order valence-electron chi connectivity index (χ2n) is 12.0. The van der Waals surface area contributed by atoms with Crippen LogP contribution < -0.4 is 0 Å². The van der Waals surface area contributed by atoms with Gasteiger partial charge in [-0.25, -0.2) is 0 Å². The minimum Gasteiger partial charge on any atom is -0.469 e. The Balaban J connectivity index is 1.45. The summed E-state index contributed by atoms with van der Waals surface area (Å²) in [5, 5.41) is 0. The lowest BCUT2D eigenvalue weighted by Gasteiger charge is -2.61. The van der Waals surface area contributed by atoms with Gasteiger partial charge in [-0.2, -0.15) is 0 Å². The van der Waals surface area contributed by atoms with E-state index in [0.717, 1.165) is 42.9 Å². The molecule has 4 saturated carbocycles. The van der Waals surface area contributed by atoms with Crippen molar-refractivity contribution in [3.8, 4) is 0 Å². The molecule has 4 fully saturated rings. The molecule has 31 heavy (non-hydrogen) atoms. The minimum absolute atomic E-state index is 0.0640. The fourth-order valence-electron chi connectivity index (χ4n) is 9.18. The Morgan fingerprint density at radius 3 is 2.39 bits per heavy atom. The summed E-state index contributed by atoms with van der Waals surface area (Å²) in [7, 11) is 1.50. The van der Waals surface area contributed by atoms with Crippen LogP contribution in [0.25, 0.3) is 0 Å². The molecule has 0 N–H and O–H groups in total. The van der Waals surface area contributed by atoms with Crippen LogP contribution >= 0.6 is 0 Å². The van der Waals surface area contributed by atoms with Gasteiger partial charge in [0.15, 0.2) is 0 Å². The Morgan fingerprint density at radius 2 is 1.68 bits per heavy atom. The lowest BCUT2D eigenvalue weighted by molar-refractivity contribution is -0.160. The summed E-state index contributed by atoms with van der Waals surface area (Å²) in [5.41, 5.74) is 0.865. The first-order valence-corrected chi connectivity index (χ1v) is 12.9. The summed E-state index contributed by atoms with van der Waals surface area (Å²) in [6, 6.07) is 0. The predicted octanol–water partition coefficient (Wildman–Crippen LogP) is 6.17. The van der Waals surface area contributed by atoms with E-state index in [1.807, 2.05) is 0 Å². The summed E-state index contributed by atoms with van der Waals surface area (Å²) >= 11 is 0. The molecule has 4 rings (SSSR count). The van der Waals surface area contributed by atoms with Crippen molar-refractivity contribution in [2.75, 3.05) is 7.11 Å². The van der Waals surface area contributed by atoms with Crippen LogP contribution in [-0.2, 0) is 19.1 Å². The summed E-state index contributed by atoms with van der Waals surface area (Å²) in [6.07, 6.45) is 13.1. The highest BCUT2D eigenvalue weighted by molar-refractivity contribution is 5.69. The van der Waals surface area contributed by atoms with Crippen LogP contribution in [0.5, 0.6) is 0 Å². The van der Waals surface area contributed by atoms with Gasteiger partial charge in [0.2, 0.25) is 0 Å². The van der Waals surface area contributed by atoms with Crippen molar-refractivity contribution in [1.29, 1.82) is 0 Å². The molecule has 4 nitrogen and oxygen atoms in total. The fourth-order valence-corrected chi connectivity index (χ4v) is 9.18. The maximum absolute atomic E-state index is 11.7. The number of fused-ring (bicyclic) bond motifs is 5. The van der Waals surface area contributed by atoms with Gasteiger partial charge < -0.3 is 9.47 Å². The largest absolute Gasteiger partial charge is 0.469 e. The molecule has 0 unspecified atom stereocenters. The highest BCUT2D eigenvalue weighted by atomic mass is 16.5. The van der Waals surface area contributed by atoms with Crippen molar-refractivity contribution in [3.63, 3.8) is 0 Å². The minimum atomic E-state index is -0.117. The Morgan fingerprint density at radius 1 is 0.968 bits per heavy atom. The van der Waals surface area contributed by atoms with Gasteiger partial charge in [-0.05, 0) is 111 Å². The van der Waals surface area contributed by atoms with E-state index in [9.17, 15) is 9.59 Å². The van der Waals surface area contributed by atoms with Gasteiger partial charge in [0.1, 0.15) is 6.10 Å². The number of esters is 2. The second kappa shape index (κ2) is 8.71. The fraction of sp³-hybridized carbons (Fsp3) is 0.926. The topological polar surface area (TPSA) is 52.6 Å². The van der Waals surface area contributed by atoms with E-state index >= 15 is 0 Å². The van der Waals surface area contributed by atoms with Crippen molar-refractivity contribution < 1.29 is 19.1 Å². The standard InChI is InChI=1S/C27H44O4/c1-17(6-11-25(29)30-5)22-9-10-23-21-8-7-19-16-20(31-18(2)28)12-14-26(19,3)24(21)13-15-27(22,23)4/h17,19-24H,6-16H2,1-5H3/t17-,19+,20+,21-,22-,23+,24+,26-,27+/m0/s1.